The van der Waals surface area contributed by atoms with Crippen molar-refractivity contribution < 1.29 is 9.53 Å². The Morgan fingerprint density at radius 1 is 1.21 bits per heavy atom. The average molecular weight is 260 g/mol. The number of rotatable bonds is 4. The number of piperidine rings is 1. The van der Waals surface area contributed by atoms with Gasteiger partial charge >= 0.3 is 0 Å². The Bertz CT molecular complexity index is 454. The van der Waals surface area contributed by atoms with Crippen LogP contribution in [0.5, 0.6) is 5.75 Å². The molecular formula is C15H20N2O2. The fraction of sp³-hybridized carbons (Fsp3) is 0.533. The van der Waals surface area contributed by atoms with E-state index in [9.17, 15) is 4.79 Å². The number of amides is 1. The third kappa shape index (κ3) is 3.07. The van der Waals surface area contributed by atoms with E-state index < -0.39 is 0 Å². The molecule has 1 aromatic rings. The molecule has 2 fully saturated rings. The Hall–Kier alpha value is -1.55. The predicted octanol–water partition coefficient (Wildman–Crippen LogP) is 1.55. The highest BCUT2D eigenvalue weighted by Crippen LogP contribution is 2.31. The van der Waals surface area contributed by atoms with Crippen LogP contribution < -0.4 is 15.8 Å². The molecule has 1 aliphatic carbocycles. The van der Waals surface area contributed by atoms with Gasteiger partial charge in [0.25, 0.3) is 0 Å². The number of nitrogens with two attached hydrogens (primary N) is 1. The van der Waals surface area contributed by atoms with E-state index in [1.54, 1.807) is 0 Å². The molecule has 3 rings (SSSR count). The summed E-state index contributed by atoms with van der Waals surface area (Å²) in [7, 11) is 0. The minimum absolute atomic E-state index is 0.193. The van der Waals surface area contributed by atoms with Crippen molar-refractivity contribution >= 4 is 5.91 Å². The van der Waals surface area contributed by atoms with Crippen molar-refractivity contribution in [3.05, 3.63) is 29.8 Å². The van der Waals surface area contributed by atoms with Crippen molar-refractivity contribution in [3.8, 4) is 5.75 Å². The van der Waals surface area contributed by atoms with E-state index in [-0.39, 0.29) is 11.9 Å². The van der Waals surface area contributed by atoms with E-state index in [0.29, 0.717) is 12.0 Å². The van der Waals surface area contributed by atoms with Crippen LogP contribution in [0.25, 0.3) is 0 Å². The zero-order valence-electron chi connectivity index (χ0n) is 11.0. The highest BCUT2D eigenvalue weighted by Gasteiger charge is 2.26. The summed E-state index contributed by atoms with van der Waals surface area (Å²) in [5.41, 5.74) is 6.65. The Morgan fingerprint density at radius 2 is 1.95 bits per heavy atom. The molecule has 1 heterocycles. The smallest absolute Gasteiger partial charge is 0.234 e. The van der Waals surface area contributed by atoms with Crippen LogP contribution in [-0.2, 0) is 4.79 Å². The Kier molecular flexibility index (Phi) is 3.42. The molecule has 102 valence electrons. The molecule has 1 amide bonds. The average Bonchev–Trinajstić information content (AvgIpc) is 3.24. The minimum atomic E-state index is -0.251. The lowest BCUT2D eigenvalue weighted by molar-refractivity contribution is -0.120. The number of hydrogen-bond donors (Lipinski definition) is 2. The van der Waals surface area contributed by atoms with Crippen molar-refractivity contribution in [1.29, 1.82) is 0 Å². The van der Waals surface area contributed by atoms with Gasteiger partial charge in [0.05, 0.1) is 12.1 Å². The number of carbonyl (C=O) groups is 1. The van der Waals surface area contributed by atoms with Gasteiger partial charge in [-0.2, -0.15) is 0 Å². The van der Waals surface area contributed by atoms with Crippen LogP contribution in [0.2, 0.25) is 0 Å². The van der Waals surface area contributed by atoms with Gasteiger partial charge < -0.3 is 15.8 Å². The Morgan fingerprint density at radius 3 is 2.58 bits per heavy atom. The summed E-state index contributed by atoms with van der Waals surface area (Å²) < 4.78 is 5.74. The molecule has 4 nitrogen and oxygen atoms in total. The normalized spacial score (nSPS) is 26.9. The number of carbonyl (C=O) groups excluding carboxylic acids is 1. The van der Waals surface area contributed by atoms with E-state index in [4.69, 9.17) is 10.5 Å². The van der Waals surface area contributed by atoms with E-state index in [1.807, 2.05) is 12.1 Å². The van der Waals surface area contributed by atoms with Gasteiger partial charge in [0.2, 0.25) is 5.91 Å². The van der Waals surface area contributed by atoms with E-state index in [0.717, 1.165) is 25.1 Å². The summed E-state index contributed by atoms with van der Waals surface area (Å²) in [4.78, 5) is 11.3. The molecule has 0 radical (unpaired) electrons. The van der Waals surface area contributed by atoms with Crippen molar-refractivity contribution in [3.63, 3.8) is 0 Å². The highest BCUT2D eigenvalue weighted by atomic mass is 16.5. The van der Waals surface area contributed by atoms with Gasteiger partial charge in [-0.05, 0) is 55.8 Å². The number of nitrogens with one attached hydrogen (secondary N) is 1. The molecule has 2 unspecified atom stereocenters. The lowest BCUT2D eigenvalue weighted by Crippen LogP contribution is -2.46. The first kappa shape index (κ1) is 12.5. The SMILES string of the molecule is NC(=O)C1CC(c2ccc(OC3CC3)cc2)CCN1. The van der Waals surface area contributed by atoms with Gasteiger partial charge in [-0.25, -0.2) is 0 Å². The van der Waals surface area contributed by atoms with E-state index in [2.05, 4.69) is 17.4 Å². The third-order valence-corrected chi connectivity index (χ3v) is 3.93. The second-order valence-electron chi connectivity index (χ2n) is 5.52. The molecule has 2 atom stereocenters. The number of benzene rings is 1. The standard InChI is InChI=1S/C15H20N2O2/c16-15(18)14-9-11(7-8-17-14)10-1-3-12(4-2-10)19-13-5-6-13/h1-4,11,13-14,17H,5-9H2,(H2,16,18). The molecule has 0 aromatic heterocycles. The van der Waals surface area contributed by atoms with Crippen LogP contribution in [0.15, 0.2) is 24.3 Å². The number of ether oxygens (including phenoxy) is 1. The molecule has 19 heavy (non-hydrogen) atoms. The Balaban J connectivity index is 1.65. The Labute approximate surface area is 113 Å². The monoisotopic (exact) mass is 260 g/mol. The van der Waals surface area contributed by atoms with Crippen molar-refractivity contribution in [2.45, 2.75) is 43.7 Å². The summed E-state index contributed by atoms with van der Waals surface area (Å²) in [6.45, 7) is 0.846. The summed E-state index contributed by atoms with van der Waals surface area (Å²) in [5, 5.41) is 3.16. The molecule has 1 aliphatic heterocycles. The quantitative estimate of drug-likeness (QED) is 0.863. The zero-order chi connectivity index (χ0) is 13.2. The maximum absolute atomic E-state index is 11.3. The molecular weight excluding hydrogens is 240 g/mol. The van der Waals surface area contributed by atoms with Crippen molar-refractivity contribution in [2.75, 3.05) is 6.54 Å². The molecule has 2 aliphatic rings. The summed E-state index contributed by atoms with van der Waals surface area (Å²) >= 11 is 0. The fourth-order valence-corrected chi connectivity index (χ4v) is 2.63. The molecule has 1 saturated heterocycles. The van der Waals surface area contributed by atoms with Gasteiger partial charge in [-0.3, -0.25) is 4.79 Å². The maximum atomic E-state index is 11.3. The molecule has 3 N–H and O–H groups in total. The van der Waals surface area contributed by atoms with Crippen LogP contribution >= 0.6 is 0 Å². The topological polar surface area (TPSA) is 64.4 Å². The summed E-state index contributed by atoms with van der Waals surface area (Å²) in [6, 6.07) is 8.11. The summed E-state index contributed by atoms with van der Waals surface area (Å²) in [5.74, 6) is 1.11. The van der Waals surface area contributed by atoms with E-state index >= 15 is 0 Å². The lowest BCUT2D eigenvalue weighted by Gasteiger charge is -2.28. The van der Waals surface area contributed by atoms with Crippen LogP contribution in [0, 0.1) is 0 Å². The molecule has 1 saturated carbocycles. The van der Waals surface area contributed by atoms with Crippen molar-refractivity contribution in [1.82, 2.24) is 5.32 Å². The van der Waals surface area contributed by atoms with Gasteiger partial charge in [0.15, 0.2) is 0 Å². The maximum Gasteiger partial charge on any atom is 0.234 e. The summed E-state index contributed by atoms with van der Waals surface area (Å²) in [6.07, 6.45) is 4.63. The van der Waals surface area contributed by atoms with Crippen LogP contribution in [-0.4, -0.2) is 24.6 Å². The predicted molar refractivity (Wildman–Crippen MR) is 73.1 cm³/mol. The van der Waals surface area contributed by atoms with Crippen molar-refractivity contribution in [2.24, 2.45) is 5.73 Å². The zero-order valence-corrected chi connectivity index (χ0v) is 11.0. The first-order chi connectivity index (χ1) is 9.22. The minimum Gasteiger partial charge on any atom is -0.490 e. The fourth-order valence-electron chi connectivity index (χ4n) is 2.63. The molecule has 0 bridgehead atoms. The molecule has 1 aromatic carbocycles. The second-order valence-corrected chi connectivity index (χ2v) is 5.52. The van der Waals surface area contributed by atoms with Crippen LogP contribution in [0.1, 0.15) is 37.2 Å². The highest BCUT2D eigenvalue weighted by molar-refractivity contribution is 5.80. The molecule has 0 spiro atoms. The third-order valence-electron chi connectivity index (χ3n) is 3.93. The van der Waals surface area contributed by atoms with Gasteiger partial charge in [0.1, 0.15) is 5.75 Å². The number of hydrogen-bond acceptors (Lipinski definition) is 3. The van der Waals surface area contributed by atoms with Crippen LogP contribution in [0.4, 0.5) is 0 Å². The molecule has 4 heteroatoms. The largest absolute Gasteiger partial charge is 0.490 e. The van der Waals surface area contributed by atoms with Gasteiger partial charge in [-0.1, -0.05) is 12.1 Å². The first-order valence-corrected chi connectivity index (χ1v) is 7.01. The van der Waals surface area contributed by atoms with Gasteiger partial charge in [0, 0.05) is 0 Å². The van der Waals surface area contributed by atoms with Gasteiger partial charge in [-0.15, -0.1) is 0 Å². The van der Waals surface area contributed by atoms with Crippen LogP contribution in [0.3, 0.4) is 0 Å². The first-order valence-electron chi connectivity index (χ1n) is 7.01. The lowest BCUT2D eigenvalue weighted by atomic mass is 9.86. The van der Waals surface area contributed by atoms with E-state index in [1.165, 1.54) is 18.4 Å². The number of primary amides is 1. The second kappa shape index (κ2) is 5.21.